The second-order valence-electron chi connectivity index (χ2n) is 4.98. The van der Waals surface area contributed by atoms with Crippen LogP contribution in [-0.2, 0) is 6.54 Å². The maximum Gasteiger partial charge on any atom is 0.253 e. The summed E-state index contributed by atoms with van der Waals surface area (Å²) in [5.41, 5.74) is 8.66. The standard InChI is InChI=1S/C16H16Cl2N2O/c1-10-7-11(3-5-14(10)17)16(21)20(2)9-12-8-13(19)4-6-15(12)18/h3-8H,9,19H2,1-2H3. The van der Waals surface area contributed by atoms with Crippen molar-refractivity contribution in [3.05, 3.63) is 63.1 Å². The van der Waals surface area contributed by atoms with Crippen LogP contribution < -0.4 is 5.73 Å². The number of aryl methyl sites for hydroxylation is 1. The molecule has 2 rings (SSSR count). The summed E-state index contributed by atoms with van der Waals surface area (Å²) in [6, 6.07) is 10.5. The number of nitrogens with zero attached hydrogens (tertiary/aromatic N) is 1. The number of halogens is 2. The molecule has 0 aliphatic rings. The first kappa shape index (κ1) is 15.7. The number of nitrogen functional groups attached to an aromatic ring is 1. The number of carbonyl (C=O) groups is 1. The minimum absolute atomic E-state index is 0.0896. The SMILES string of the molecule is Cc1cc(C(=O)N(C)Cc2cc(N)ccc2Cl)ccc1Cl. The Labute approximate surface area is 134 Å². The number of amides is 1. The molecule has 21 heavy (non-hydrogen) atoms. The van der Waals surface area contributed by atoms with Gasteiger partial charge in [0.1, 0.15) is 0 Å². The third kappa shape index (κ3) is 3.69. The highest BCUT2D eigenvalue weighted by Crippen LogP contribution is 2.22. The maximum absolute atomic E-state index is 12.4. The van der Waals surface area contributed by atoms with Crippen molar-refractivity contribution in [2.75, 3.05) is 12.8 Å². The van der Waals surface area contributed by atoms with Gasteiger partial charge in [0.25, 0.3) is 5.91 Å². The Kier molecular flexibility index (Phi) is 4.76. The molecule has 0 saturated carbocycles. The van der Waals surface area contributed by atoms with Gasteiger partial charge < -0.3 is 10.6 Å². The van der Waals surface area contributed by atoms with E-state index < -0.39 is 0 Å². The Hall–Kier alpha value is -1.71. The highest BCUT2D eigenvalue weighted by atomic mass is 35.5. The fourth-order valence-electron chi connectivity index (χ4n) is 2.04. The predicted molar refractivity (Wildman–Crippen MR) is 87.9 cm³/mol. The van der Waals surface area contributed by atoms with E-state index in [0.717, 1.165) is 11.1 Å². The van der Waals surface area contributed by atoms with E-state index in [1.54, 1.807) is 48.3 Å². The van der Waals surface area contributed by atoms with Crippen molar-refractivity contribution in [2.45, 2.75) is 13.5 Å². The smallest absolute Gasteiger partial charge is 0.253 e. The van der Waals surface area contributed by atoms with Crippen molar-refractivity contribution in [1.82, 2.24) is 4.90 Å². The molecule has 5 heteroatoms. The van der Waals surface area contributed by atoms with Crippen LogP contribution in [-0.4, -0.2) is 17.9 Å². The average Bonchev–Trinajstić information content (AvgIpc) is 2.45. The van der Waals surface area contributed by atoms with Crippen molar-refractivity contribution in [3.8, 4) is 0 Å². The lowest BCUT2D eigenvalue weighted by Crippen LogP contribution is -2.26. The largest absolute Gasteiger partial charge is 0.399 e. The van der Waals surface area contributed by atoms with Gasteiger partial charge in [0.15, 0.2) is 0 Å². The van der Waals surface area contributed by atoms with Gasteiger partial charge in [-0.2, -0.15) is 0 Å². The number of hydrogen-bond donors (Lipinski definition) is 1. The van der Waals surface area contributed by atoms with E-state index in [-0.39, 0.29) is 5.91 Å². The second-order valence-corrected chi connectivity index (χ2v) is 5.79. The molecule has 0 heterocycles. The Morgan fingerprint density at radius 2 is 1.81 bits per heavy atom. The number of hydrogen-bond acceptors (Lipinski definition) is 2. The van der Waals surface area contributed by atoms with Crippen molar-refractivity contribution in [1.29, 1.82) is 0 Å². The molecule has 0 unspecified atom stereocenters. The molecule has 0 aromatic heterocycles. The lowest BCUT2D eigenvalue weighted by molar-refractivity contribution is 0.0785. The molecule has 0 radical (unpaired) electrons. The van der Waals surface area contributed by atoms with Crippen LogP contribution in [0.4, 0.5) is 5.69 Å². The van der Waals surface area contributed by atoms with E-state index in [0.29, 0.717) is 27.8 Å². The maximum atomic E-state index is 12.4. The third-order valence-electron chi connectivity index (χ3n) is 3.23. The summed E-state index contributed by atoms with van der Waals surface area (Å²) in [5, 5.41) is 1.24. The lowest BCUT2D eigenvalue weighted by atomic mass is 10.1. The molecule has 3 nitrogen and oxygen atoms in total. The molecule has 0 spiro atoms. The van der Waals surface area contributed by atoms with E-state index in [1.165, 1.54) is 0 Å². The number of anilines is 1. The molecule has 0 saturated heterocycles. The van der Waals surface area contributed by atoms with Crippen LogP contribution in [0.15, 0.2) is 36.4 Å². The lowest BCUT2D eigenvalue weighted by Gasteiger charge is -2.19. The zero-order valence-electron chi connectivity index (χ0n) is 11.9. The predicted octanol–water partition coefficient (Wildman–Crippen LogP) is 4.16. The first-order chi connectivity index (χ1) is 9.88. The number of benzene rings is 2. The zero-order chi connectivity index (χ0) is 15.6. The topological polar surface area (TPSA) is 46.3 Å². The molecule has 0 atom stereocenters. The molecular formula is C16H16Cl2N2O. The summed E-state index contributed by atoms with van der Waals surface area (Å²) in [4.78, 5) is 14.0. The Bertz CT molecular complexity index is 686. The fourth-order valence-corrected chi connectivity index (χ4v) is 2.34. The van der Waals surface area contributed by atoms with Crippen molar-refractivity contribution < 1.29 is 4.79 Å². The van der Waals surface area contributed by atoms with Crippen molar-refractivity contribution in [2.24, 2.45) is 0 Å². The van der Waals surface area contributed by atoms with Gasteiger partial charge >= 0.3 is 0 Å². The average molecular weight is 323 g/mol. The molecule has 1 amide bonds. The molecule has 0 aliphatic carbocycles. The Balaban J connectivity index is 2.19. The molecule has 2 aromatic carbocycles. The van der Waals surface area contributed by atoms with Gasteiger partial charge in [0.05, 0.1) is 0 Å². The van der Waals surface area contributed by atoms with Crippen LogP contribution in [0.3, 0.4) is 0 Å². The van der Waals surface area contributed by atoms with Gasteiger partial charge in [-0.15, -0.1) is 0 Å². The van der Waals surface area contributed by atoms with Gasteiger partial charge in [0.2, 0.25) is 0 Å². The molecule has 110 valence electrons. The summed E-state index contributed by atoms with van der Waals surface area (Å²) in [6.07, 6.45) is 0. The highest BCUT2D eigenvalue weighted by molar-refractivity contribution is 6.31. The van der Waals surface area contributed by atoms with Crippen LogP contribution in [0.1, 0.15) is 21.5 Å². The van der Waals surface area contributed by atoms with Crippen molar-refractivity contribution in [3.63, 3.8) is 0 Å². The number of nitrogens with two attached hydrogens (primary N) is 1. The summed E-state index contributed by atoms with van der Waals surface area (Å²) < 4.78 is 0. The summed E-state index contributed by atoms with van der Waals surface area (Å²) in [7, 11) is 1.73. The number of rotatable bonds is 3. The van der Waals surface area contributed by atoms with Crippen molar-refractivity contribution >= 4 is 34.8 Å². The summed E-state index contributed by atoms with van der Waals surface area (Å²) >= 11 is 12.1. The Morgan fingerprint density at radius 1 is 1.14 bits per heavy atom. The second kappa shape index (κ2) is 6.37. The molecule has 0 bridgehead atoms. The van der Waals surface area contributed by atoms with Crippen LogP contribution in [0, 0.1) is 6.92 Å². The quantitative estimate of drug-likeness (QED) is 0.862. The molecule has 2 aromatic rings. The van der Waals surface area contributed by atoms with Gasteiger partial charge in [-0.05, 0) is 54.4 Å². The van der Waals surface area contributed by atoms with Crippen LogP contribution >= 0.6 is 23.2 Å². The molecular weight excluding hydrogens is 307 g/mol. The van der Waals surface area contributed by atoms with Gasteiger partial charge in [-0.25, -0.2) is 0 Å². The van der Waals surface area contributed by atoms with E-state index >= 15 is 0 Å². The third-order valence-corrected chi connectivity index (χ3v) is 4.02. The minimum atomic E-state index is -0.0896. The van der Waals surface area contributed by atoms with E-state index in [2.05, 4.69) is 0 Å². The molecule has 0 aliphatic heterocycles. The normalized spacial score (nSPS) is 10.5. The monoisotopic (exact) mass is 322 g/mol. The first-order valence-electron chi connectivity index (χ1n) is 6.44. The van der Waals surface area contributed by atoms with Crippen LogP contribution in [0.2, 0.25) is 10.0 Å². The minimum Gasteiger partial charge on any atom is -0.399 e. The van der Waals surface area contributed by atoms with E-state index in [9.17, 15) is 4.79 Å². The summed E-state index contributed by atoms with van der Waals surface area (Å²) in [5.74, 6) is -0.0896. The van der Waals surface area contributed by atoms with Gasteiger partial charge in [0, 0.05) is 34.9 Å². The Morgan fingerprint density at radius 3 is 2.48 bits per heavy atom. The zero-order valence-corrected chi connectivity index (χ0v) is 13.4. The number of carbonyl (C=O) groups excluding carboxylic acids is 1. The first-order valence-corrected chi connectivity index (χ1v) is 7.19. The highest BCUT2D eigenvalue weighted by Gasteiger charge is 2.14. The summed E-state index contributed by atoms with van der Waals surface area (Å²) in [6.45, 7) is 2.26. The van der Waals surface area contributed by atoms with E-state index in [1.807, 2.05) is 6.92 Å². The van der Waals surface area contributed by atoms with Gasteiger partial charge in [-0.1, -0.05) is 23.2 Å². The molecule has 2 N–H and O–H groups in total. The van der Waals surface area contributed by atoms with Crippen LogP contribution in [0.5, 0.6) is 0 Å². The fraction of sp³-hybridized carbons (Fsp3) is 0.188. The molecule has 0 fully saturated rings. The van der Waals surface area contributed by atoms with E-state index in [4.69, 9.17) is 28.9 Å². The van der Waals surface area contributed by atoms with Gasteiger partial charge in [-0.3, -0.25) is 4.79 Å². The van der Waals surface area contributed by atoms with Crippen LogP contribution in [0.25, 0.3) is 0 Å².